The highest BCUT2D eigenvalue weighted by Crippen LogP contribution is 2.23. The first-order chi connectivity index (χ1) is 10.8. The van der Waals surface area contributed by atoms with Gasteiger partial charge in [0.05, 0.1) is 5.69 Å². The summed E-state index contributed by atoms with van der Waals surface area (Å²) in [5.74, 6) is -0.0980. The largest absolute Gasteiger partial charge is 0.321 e. The van der Waals surface area contributed by atoms with Gasteiger partial charge in [0.1, 0.15) is 4.90 Å². The Bertz CT molecular complexity index is 815. The lowest BCUT2D eigenvalue weighted by atomic mass is 9.97. The Balaban J connectivity index is 2.31. The molecule has 0 aliphatic rings. The van der Waals surface area contributed by atoms with Gasteiger partial charge in [-0.1, -0.05) is 38.1 Å². The molecule has 122 valence electrons. The van der Waals surface area contributed by atoms with Gasteiger partial charge in [0.25, 0.3) is 16.0 Å². The van der Waals surface area contributed by atoms with Gasteiger partial charge in [-0.3, -0.25) is 9.35 Å². The molecule has 23 heavy (non-hydrogen) atoms. The number of rotatable bonds is 5. The van der Waals surface area contributed by atoms with Crippen LogP contribution in [0, 0.1) is 0 Å². The number of hydrogen-bond donors (Lipinski definition) is 2. The van der Waals surface area contributed by atoms with E-state index in [-0.39, 0.29) is 10.6 Å². The van der Waals surface area contributed by atoms with Gasteiger partial charge in [0.15, 0.2) is 0 Å². The first-order valence-corrected chi connectivity index (χ1v) is 8.74. The summed E-state index contributed by atoms with van der Waals surface area (Å²) in [5.41, 5.74) is 1.53. The Morgan fingerprint density at radius 1 is 1.17 bits per heavy atom. The molecule has 0 radical (unpaired) electrons. The second-order valence-electron chi connectivity index (χ2n) is 5.36. The van der Waals surface area contributed by atoms with Crippen LogP contribution in [0.2, 0.25) is 0 Å². The van der Waals surface area contributed by atoms with Crippen molar-refractivity contribution < 1.29 is 17.8 Å². The summed E-state index contributed by atoms with van der Waals surface area (Å²) in [6.45, 7) is 4.14. The summed E-state index contributed by atoms with van der Waals surface area (Å²) in [4.78, 5) is 12.0. The van der Waals surface area contributed by atoms with E-state index in [9.17, 15) is 17.8 Å². The van der Waals surface area contributed by atoms with E-state index in [2.05, 4.69) is 19.2 Å². The van der Waals surface area contributed by atoms with Crippen molar-refractivity contribution in [3.63, 3.8) is 0 Å². The van der Waals surface area contributed by atoms with Crippen molar-refractivity contribution in [1.29, 1.82) is 0 Å². The van der Waals surface area contributed by atoms with Crippen LogP contribution >= 0.6 is 0 Å². The molecule has 1 amide bonds. The quantitative estimate of drug-likeness (QED) is 0.817. The Morgan fingerprint density at radius 2 is 1.87 bits per heavy atom. The third-order valence-electron chi connectivity index (χ3n) is 3.74. The molecule has 0 bridgehead atoms. The summed E-state index contributed by atoms with van der Waals surface area (Å²) in [6.07, 6.45) is 0.955. The van der Waals surface area contributed by atoms with Crippen LogP contribution in [0.4, 0.5) is 5.69 Å². The molecule has 2 aromatic carbocycles. The van der Waals surface area contributed by atoms with Crippen molar-refractivity contribution in [3.05, 3.63) is 59.7 Å². The monoisotopic (exact) mass is 333 g/mol. The smallest absolute Gasteiger partial charge is 0.296 e. The third kappa shape index (κ3) is 4.18. The van der Waals surface area contributed by atoms with E-state index in [1.165, 1.54) is 18.2 Å². The minimum absolute atomic E-state index is 0.0499. The molecule has 0 aromatic heterocycles. The van der Waals surface area contributed by atoms with E-state index in [4.69, 9.17) is 0 Å². The molecule has 0 spiro atoms. The standard InChI is InChI=1S/C17H19NO4S/c1-3-12(2)13-7-6-8-14(11-13)17(19)18-15-9-4-5-10-16(15)23(20,21)22/h4-12H,3H2,1-2H3,(H,18,19)(H,20,21,22). The predicted octanol–water partition coefficient (Wildman–Crippen LogP) is 3.70. The number of amides is 1. The first kappa shape index (κ1) is 17.2. The lowest BCUT2D eigenvalue weighted by Crippen LogP contribution is -2.15. The maximum absolute atomic E-state index is 12.4. The zero-order chi connectivity index (χ0) is 17.0. The van der Waals surface area contributed by atoms with Gasteiger partial charge in [0, 0.05) is 5.56 Å². The molecular weight excluding hydrogens is 314 g/mol. The molecule has 0 fully saturated rings. The SMILES string of the molecule is CCC(C)c1cccc(C(=O)Nc2ccccc2S(=O)(=O)O)c1. The molecule has 2 N–H and O–H groups in total. The molecule has 1 unspecified atom stereocenters. The maximum atomic E-state index is 12.4. The minimum atomic E-state index is -4.40. The highest BCUT2D eigenvalue weighted by molar-refractivity contribution is 7.86. The Morgan fingerprint density at radius 3 is 2.52 bits per heavy atom. The fourth-order valence-corrected chi connectivity index (χ4v) is 2.86. The van der Waals surface area contributed by atoms with Crippen LogP contribution in [0.25, 0.3) is 0 Å². The fraction of sp³-hybridized carbons (Fsp3) is 0.235. The summed E-state index contributed by atoms with van der Waals surface area (Å²) in [7, 11) is -4.40. The average Bonchev–Trinajstić information content (AvgIpc) is 2.53. The van der Waals surface area contributed by atoms with Crippen molar-refractivity contribution >= 4 is 21.7 Å². The molecule has 0 saturated heterocycles. The first-order valence-electron chi connectivity index (χ1n) is 7.30. The number of nitrogens with one attached hydrogen (secondary N) is 1. The van der Waals surface area contributed by atoms with Crippen LogP contribution in [0.1, 0.15) is 42.1 Å². The topological polar surface area (TPSA) is 83.5 Å². The van der Waals surface area contributed by atoms with Crippen molar-refractivity contribution in [1.82, 2.24) is 0 Å². The summed E-state index contributed by atoms with van der Waals surface area (Å²) >= 11 is 0. The number of hydrogen-bond acceptors (Lipinski definition) is 3. The van der Waals surface area contributed by atoms with Gasteiger partial charge in [-0.25, -0.2) is 0 Å². The fourth-order valence-electron chi connectivity index (χ4n) is 2.21. The van der Waals surface area contributed by atoms with Crippen LogP contribution in [-0.2, 0) is 10.1 Å². The van der Waals surface area contributed by atoms with Crippen LogP contribution < -0.4 is 5.32 Å². The van der Waals surface area contributed by atoms with Gasteiger partial charge in [-0.05, 0) is 42.2 Å². The van der Waals surface area contributed by atoms with Gasteiger partial charge in [-0.15, -0.1) is 0 Å². The van der Waals surface area contributed by atoms with Crippen LogP contribution in [0.5, 0.6) is 0 Å². The van der Waals surface area contributed by atoms with Crippen molar-refractivity contribution in [2.24, 2.45) is 0 Å². The van der Waals surface area contributed by atoms with E-state index < -0.39 is 16.0 Å². The lowest BCUT2D eigenvalue weighted by molar-refractivity contribution is 0.102. The lowest BCUT2D eigenvalue weighted by Gasteiger charge is -2.12. The molecule has 2 rings (SSSR count). The molecule has 2 aromatic rings. The zero-order valence-corrected chi connectivity index (χ0v) is 13.8. The minimum Gasteiger partial charge on any atom is -0.321 e. The molecule has 0 aliphatic heterocycles. The van der Waals surface area contributed by atoms with E-state index in [1.54, 1.807) is 24.3 Å². The van der Waals surface area contributed by atoms with Crippen molar-refractivity contribution in [2.45, 2.75) is 31.1 Å². The number of anilines is 1. The van der Waals surface area contributed by atoms with Crippen LogP contribution in [0.15, 0.2) is 53.4 Å². The van der Waals surface area contributed by atoms with Crippen LogP contribution in [-0.4, -0.2) is 18.9 Å². The van der Waals surface area contributed by atoms with Crippen molar-refractivity contribution in [2.75, 3.05) is 5.32 Å². The van der Waals surface area contributed by atoms with Gasteiger partial charge in [-0.2, -0.15) is 8.42 Å². The second kappa shape index (κ2) is 6.93. The Labute approximate surface area is 136 Å². The molecule has 6 heteroatoms. The highest BCUT2D eigenvalue weighted by Gasteiger charge is 2.17. The summed E-state index contributed by atoms with van der Waals surface area (Å²) in [6, 6.07) is 12.9. The molecule has 5 nitrogen and oxygen atoms in total. The van der Waals surface area contributed by atoms with Crippen molar-refractivity contribution in [3.8, 4) is 0 Å². The number of benzene rings is 2. The normalized spacial score (nSPS) is 12.7. The van der Waals surface area contributed by atoms with E-state index in [0.29, 0.717) is 11.5 Å². The molecule has 0 saturated carbocycles. The highest BCUT2D eigenvalue weighted by atomic mass is 32.2. The second-order valence-corrected chi connectivity index (χ2v) is 6.75. The molecular formula is C17H19NO4S. The maximum Gasteiger partial charge on any atom is 0.296 e. The number of para-hydroxylation sites is 1. The summed E-state index contributed by atoms with van der Waals surface area (Å²) < 4.78 is 31.9. The number of carbonyl (C=O) groups is 1. The van der Waals surface area contributed by atoms with Gasteiger partial charge >= 0.3 is 0 Å². The predicted molar refractivity (Wildman–Crippen MR) is 89.4 cm³/mol. The molecule has 0 aliphatic carbocycles. The molecule has 0 heterocycles. The van der Waals surface area contributed by atoms with Gasteiger partial charge in [0.2, 0.25) is 0 Å². The average molecular weight is 333 g/mol. The van der Waals surface area contributed by atoms with E-state index in [0.717, 1.165) is 12.0 Å². The summed E-state index contributed by atoms with van der Waals surface area (Å²) in [5, 5.41) is 2.54. The molecule has 1 atom stereocenters. The Hall–Kier alpha value is -2.18. The Kier molecular flexibility index (Phi) is 5.18. The van der Waals surface area contributed by atoms with E-state index in [1.807, 2.05) is 6.07 Å². The van der Waals surface area contributed by atoms with E-state index >= 15 is 0 Å². The number of carbonyl (C=O) groups excluding carboxylic acids is 1. The van der Waals surface area contributed by atoms with Crippen LogP contribution in [0.3, 0.4) is 0 Å². The van der Waals surface area contributed by atoms with Gasteiger partial charge < -0.3 is 5.32 Å². The third-order valence-corrected chi connectivity index (χ3v) is 4.66. The zero-order valence-electron chi connectivity index (χ0n) is 13.0.